The Labute approximate surface area is 317 Å². The van der Waals surface area contributed by atoms with Crippen LogP contribution in [0.4, 0.5) is 0 Å². The number of rotatable bonds is 2. The largest absolute Gasteiger partial charge is 0.472 e. The summed E-state index contributed by atoms with van der Waals surface area (Å²) < 4.78 is 10.6. The second kappa shape index (κ2) is 12.7. The summed E-state index contributed by atoms with van der Waals surface area (Å²) in [5.41, 5.74) is 1.21. The minimum Gasteiger partial charge on any atom is -0.472 e. The average Bonchev–Trinajstić information content (AvgIpc) is 3.91. The average molecular weight is 733 g/mol. The molecular weight excluding hydrogens is 664 g/mol. The maximum atomic E-state index is 12.2. The van der Waals surface area contributed by atoms with Gasteiger partial charge in [-0.05, 0) is 191 Å². The summed E-state index contributed by atoms with van der Waals surface area (Å²) in [6.45, 7) is 9.91. The van der Waals surface area contributed by atoms with E-state index >= 15 is 0 Å². The van der Waals surface area contributed by atoms with Gasteiger partial charge in [0.25, 0.3) is 0 Å². The number of carbonyl (C=O) groups excluding carboxylic acids is 1. The number of fused-ring (bicyclic) bond motifs is 10. The molecule has 53 heavy (non-hydrogen) atoms. The molecule has 9 aliphatic rings. The zero-order chi connectivity index (χ0) is 37.2. The van der Waals surface area contributed by atoms with Gasteiger partial charge in [-0.25, -0.2) is 4.79 Å². The third kappa shape index (κ3) is 5.13. The zero-order valence-corrected chi connectivity index (χ0v) is 33.0. The predicted molar refractivity (Wildman–Crippen MR) is 202 cm³/mol. The first-order valence-electron chi connectivity index (χ1n) is 21.9. The van der Waals surface area contributed by atoms with Gasteiger partial charge in [-0.3, -0.25) is 0 Å². The van der Waals surface area contributed by atoms with E-state index in [1.165, 1.54) is 18.4 Å². The third-order valence-corrected chi connectivity index (χ3v) is 19.7. The highest BCUT2D eigenvalue weighted by Crippen LogP contribution is 2.72. The Kier molecular flexibility index (Phi) is 8.83. The van der Waals surface area contributed by atoms with Crippen LogP contribution in [-0.4, -0.2) is 56.4 Å². The summed E-state index contributed by atoms with van der Waals surface area (Å²) in [7, 11) is 0. The first kappa shape index (κ1) is 36.9. The van der Waals surface area contributed by atoms with Crippen LogP contribution in [0, 0.1) is 63.1 Å². The standard InChI is InChI=1S/C23H34O4.C23H34O3/c1-21-9-5-15(24)13-14(21)3-4-19-18(21)6-10-22(2)17(7-11-23(19,22)26)16-8-12-27-20(16)25;1-21-9-5-17(24)13-16(21)3-4-20-19(21)6-10-22(2)18(7-11-23(20,22)25)15-8-12-26-14-15/h8,14-15,17-19,24,26H,3-7,9-13H2,1-2H3;8,12,14,16-20,24-25H,3-7,9-11,13H2,1-2H3/t14-,15+,17-,18?,19?,21+,22-,23+;16-,17+,18-,19?,20?,21+,22-,23+/m11/s1. The van der Waals surface area contributed by atoms with Crippen LogP contribution in [0.3, 0.4) is 0 Å². The van der Waals surface area contributed by atoms with Crippen molar-refractivity contribution in [2.75, 3.05) is 6.61 Å². The second-order valence-corrected chi connectivity index (χ2v) is 21.1. The van der Waals surface area contributed by atoms with Gasteiger partial charge in [-0.2, -0.15) is 0 Å². The van der Waals surface area contributed by atoms with E-state index in [1.54, 1.807) is 6.26 Å². The van der Waals surface area contributed by atoms with E-state index in [9.17, 15) is 25.2 Å². The van der Waals surface area contributed by atoms with Gasteiger partial charge in [0.1, 0.15) is 6.61 Å². The van der Waals surface area contributed by atoms with Gasteiger partial charge >= 0.3 is 5.97 Å². The molecule has 8 fully saturated rings. The van der Waals surface area contributed by atoms with E-state index < -0.39 is 11.2 Å². The van der Waals surface area contributed by atoms with E-state index in [1.807, 2.05) is 12.3 Å². The van der Waals surface area contributed by atoms with Crippen LogP contribution in [-0.2, 0) is 9.53 Å². The van der Waals surface area contributed by atoms with Crippen molar-refractivity contribution >= 4 is 5.97 Å². The van der Waals surface area contributed by atoms with Gasteiger partial charge in [-0.1, -0.05) is 27.7 Å². The fraction of sp³-hybridized carbons (Fsp3) is 0.848. The van der Waals surface area contributed by atoms with Crippen LogP contribution >= 0.6 is 0 Å². The van der Waals surface area contributed by atoms with Crippen LogP contribution in [0.5, 0.6) is 0 Å². The maximum absolute atomic E-state index is 12.2. The Morgan fingerprint density at radius 2 is 1.15 bits per heavy atom. The number of furan rings is 1. The second-order valence-electron chi connectivity index (χ2n) is 21.1. The van der Waals surface area contributed by atoms with E-state index in [0.717, 1.165) is 108 Å². The Morgan fingerprint density at radius 3 is 1.64 bits per heavy atom. The van der Waals surface area contributed by atoms with Crippen molar-refractivity contribution in [1.82, 2.24) is 0 Å². The van der Waals surface area contributed by atoms with Crippen LogP contribution < -0.4 is 0 Å². The molecule has 7 heteroatoms. The van der Waals surface area contributed by atoms with Gasteiger partial charge in [0.05, 0.1) is 35.9 Å². The van der Waals surface area contributed by atoms with Gasteiger partial charge in [-0.15, -0.1) is 0 Å². The molecule has 7 nitrogen and oxygen atoms in total. The molecule has 2 heterocycles. The highest BCUT2D eigenvalue weighted by Gasteiger charge is 2.69. The van der Waals surface area contributed by atoms with E-state index in [4.69, 9.17) is 9.15 Å². The summed E-state index contributed by atoms with van der Waals surface area (Å²) in [4.78, 5) is 12.2. The van der Waals surface area contributed by atoms with Crippen molar-refractivity contribution < 1.29 is 34.4 Å². The number of hydrogen-bond acceptors (Lipinski definition) is 7. The summed E-state index contributed by atoms with van der Waals surface area (Å²) in [5, 5.41) is 44.6. The third-order valence-electron chi connectivity index (χ3n) is 19.7. The maximum Gasteiger partial charge on any atom is 0.334 e. The van der Waals surface area contributed by atoms with Gasteiger partial charge in [0.15, 0.2) is 0 Å². The first-order chi connectivity index (χ1) is 25.2. The number of cyclic esters (lactones) is 1. The number of carbonyl (C=O) groups is 1. The fourth-order valence-corrected chi connectivity index (χ4v) is 16.6. The molecule has 10 rings (SSSR count). The lowest BCUT2D eigenvalue weighted by Gasteiger charge is -2.63. The van der Waals surface area contributed by atoms with Crippen LogP contribution in [0.25, 0.3) is 0 Å². The van der Waals surface area contributed by atoms with Crippen molar-refractivity contribution in [3.63, 3.8) is 0 Å². The minimum atomic E-state index is -0.672. The summed E-state index contributed by atoms with van der Waals surface area (Å²) in [6.07, 6.45) is 24.1. The highest BCUT2D eigenvalue weighted by molar-refractivity contribution is 5.91. The van der Waals surface area contributed by atoms with Crippen molar-refractivity contribution in [3.05, 3.63) is 35.8 Å². The Bertz CT molecular complexity index is 1590. The predicted octanol–water partition coefficient (Wildman–Crippen LogP) is 8.49. The molecular formula is C46H68O7. The van der Waals surface area contributed by atoms with Crippen molar-refractivity contribution in [1.29, 1.82) is 0 Å². The molecule has 0 bridgehead atoms. The Hall–Kier alpha value is -1.67. The molecule has 1 aromatic heterocycles. The van der Waals surface area contributed by atoms with Crippen molar-refractivity contribution in [2.24, 2.45) is 63.1 Å². The number of hydrogen-bond donors (Lipinski definition) is 4. The topological polar surface area (TPSA) is 120 Å². The van der Waals surface area contributed by atoms with Gasteiger partial charge in [0, 0.05) is 16.4 Å². The van der Waals surface area contributed by atoms with Crippen molar-refractivity contribution in [3.8, 4) is 0 Å². The molecule has 0 amide bonds. The van der Waals surface area contributed by atoms with E-state index in [-0.39, 0.29) is 40.3 Å². The lowest BCUT2D eigenvalue weighted by molar-refractivity contribution is -0.208. The molecule has 0 saturated heterocycles. The van der Waals surface area contributed by atoms with Crippen LogP contribution in [0.1, 0.15) is 155 Å². The lowest BCUT2D eigenvalue weighted by Crippen LogP contribution is -2.62. The Balaban J connectivity index is 0.000000141. The summed E-state index contributed by atoms with van der Waals surface area (Å²) in [6, 6.07) is 2.11. The molecule has 16 atom stereocenters. The van der Waals surface area contributed by atoms with E-state index in [0.29, 0.717) is 53.4 Å². The molecule has 4 N–H and O–H groups in total. The summed E-state index contributed by atoms with van der Waals surface area (Å²) >= 11 is 0. The molecule has 8 saturated carbocycles. The molecule has 1 aromatic rings. The zero-order valence-electron chi connectivity index (χ0n) is 33.0. The van der Waals surface area contributed by atoms with Crippen LogP contribution in [0.2, 0.25) is 0 Å². The van der Waals surface area contributed by atoms with Crippen molar-refractivity contribution in [2.45, 2.75) is 173 Å². The number of esters is 1. The molecule has 4 unspecified atom stereocenters. The number of ether oxygens (including phenoxy) is 1. The van der Waals surface area contributed by atoms with Gasteiger partial charge < -0.3 is 29.6 Å². The fourth-order valence-electron chi connectivity index (χ4n) is 16.6. The molecule has 0 aromatic carbocycles. The molecule has 0 radical (unpaired) electrons. The molecule has 294 valence electrons. The highest BCUT2D eigenvalue weighted by atomic mass is 16.5. The summed E-state index contributed by atoms with van der Waals surface area (Å²) in [5.74, 6) is 3.56. The molecule has 1 aliphatic heterocycles. The molecule has 0 spiro atoms. The number of aliphatic hydroxyl groups excluding tert-OH is 2. The minimum absolute atomic E-state index is 0.0323. The Morgan fingerprint density at radius 1 is 0.623 bits per heavy atom. The van der Waals surface area contributed by atoms with E-state index in [2.05, 4.69) is 33.8 Å². The monoisotopic (exact) mass is 732 g/mol. The molecule has 8 aliphatic carbocycles. The normalized spacial score (nSPS) is 54.1. The van der Waals surface area contributed by atoms with Gasteiger partial charge in [0.2, 0.25) is 0 Å². The SMILES string of the molecule is C[C@]12CC[C@H](O)C[C@H]1CCC1C2CC[C@]2(C)[C@@H](C3=CCOC3=O)CC[C@]12O.C[C@]12CC[C@H](O)C[C@H]1CCC1C2CC[C@]2(C)[C@@H](c3ccoc3)CC[C@]12O. The quantitative estimate of drug-likeness (QED) is 0.225. The smallest absolute Gasteiger partial charge is 0.334 e. The lowest BCUT2D eigenvalue weighted by atomic mass is 9.43. The number of aliphatic hydroxyl groups is 4. The van der Waals surface area contributed by atoms with Crippen LogP contribution in [0.15, 0.2) is 34.7 Å². The first-order valence-corrected chi connectivity index (χ1v) is 21.9.